The molecular weight excluding hydrogens is 184 g/mol. The number of hydrogen-bond donors (Lipinski definition) is 1. The highest BCUT2D eigenvalue weighted by molar-refractivity contribution is 7.86. The third-order valence-electron chi connectivity index (χ3n) is 1.49. The highest BCUT2D eigenvalue weighted by atomic mass is 32.2. The summed E-state index contributed by atoms with van der Waals surface area (Å²) in [5, 5.41) is 9.00. The van der Waals surface area contributed by atoms with Crippen molar-refractivity contribution < 1.29 is 18.4 Å². The molecule has 1 fully saturated rings. The van der Waals surface area contributed by atoms with Gasteiger partial charge in [0, 0.05) is 14.1 Å². The minimum atomic E-state index is -3.53. The first-order valence-electron chi connectivity index (χ1n) is 3.46. The summed E-state index contributed by atoms with van der Waals surface area (Å²) < 4.78 is 24.4. The molecule has 0 aromatic carbocycles. The number of hydrogen-bond acceptors (Lipinski definition) is 4. The van der Waals surface area contributed by atoms with E-state index in [0.717, 1.165) is 8.77 Å². The largest absolute Gasteiger partial charge is 0.389 e. The summed E-state index contributed by atoms with van der Waals surface area (Å²) in [4.78, 5) is 4.74. The molecule has 0 radical (unpaired) electrons. The second-order valence-electron chi connectivity index (χ2n) is 2.73. The van der Waals surface area contributed by atoms with Crippen LogP contribution in [0.15, 0.2) is 0 Å². The van der Waals surface area contributed by atoms with E-state index in [-0.39, 0.29) is 13.2 Å². The molecule has 7 heteroatoms. The third-order valence-corrected chi connectivity index (χ3v) is 3.18. The minimum Gasteiger partial charge on any atom is -0.389 e. The summed E-state index contributed by atoms with van der Waals surface area (Å²) in [6.45, 7) is 0.0353. The molecule has 0 aliphatic carbocycles. The lowest BCUT2D eigenvalue weighted by molar-refractivity contribution is -0.0356. The normalized spacial score (nSPS) is 26.8. The van der Waals surface area contributed by atoms with Crippen molar-refractivity contribution in [2.24, 2.45) is 0 Å². The van der Waals surface area contributed by atoms with Crippen molar-refractivity contribution in [3.63, 3.8) is 0 Å². The second-order valence-corrected chi connectivity index (χ2v) is 4.76. The van der Waals surface area contributed by atoms with Crippen LogP contribution in [0.3, 0.4) is 0 Å². The highest BCUT2D eigenvalue weighted by Crippen LogP contribution is 2.12. The van der Waals surface area contributed by atoms with E-state index in [1.807, 2.05) is 0 Å². The van der Waals surface area contributed by atoms with Crippen LogP contribution in [0.2, 0.25) is 0 Å². The molecule has 12 heavy (non-hydrogen) atoms. The third kappa shape index (κ3) is 1.75. The molecule has 1 aliphatic heterocycles. The molecule has 0 unspecified atom stereocenters. The number of nitrogens with zero attached hydrogens (tertiary/aromatic N) is 2. The van der Waals surface area contributed by atoms with Gasteiger partial charge in [-0.05, 0) is 0 Å². The van der Waals surface area contributed by atoms with Gasteiger partial charge in [0.2, 0.25) is 0 Å². The van der Waals surface area contributed by atoms with Crippen LogP contribution >= 0.6 is 0 Å². The fourth-order valence-corrected chi connectivity index (χ4v) is 1.71. The predicted octanol–water partition coefficient (Wildman–Crippen LogP) is -1.60. The van der Waals surface area contributed by atoms with Gasteiger partial charge in [-0.2, -0.15) is 12.7 Å². The summed E-state index contributed by atoms with van der Waals surface area (Å²) in [7, 11) is -0.713. The van der Waals surface area contributed by atoms with Crippen LogP contribution in [-0.4, -0.2) is 55.6 Å². The van der Waals surface area contributed by atoms with Crippen molar-refractivity contribution in [3.8, 4) is 0 Å². The lowest BCUT2D eigenvalue weighted by atomic mass is 10.4. The standard InChI is InChI=1S/C5H12N2O4S/c1-6(2)12(9,10)7-3-5(8)4-11-7/h5,8H,3-4H2,1-2H3/t5-/m1/s1. The average Bonchev–Trinajstić information content (AvgIpc) is 2.35. The van der Waals surface area contributed by atoms with Crippen LogP contribution in [-0.2, 0) is 15.0 Å². The van der Waals surface area contributed by atoms with Crippen LogP contribution < -0.4 is 0 Å². The van der Waals surface area contributed by atoms with Gasteiger partial charge < -0.3 is 5.11 Å². The quantitative estimate of drug-likeness (QED) is 0.577. The lowest BCUT2D eigenvalue weighted by Gasteiger charge is -2.18. The first-order chi connectivity index (χ1) is 5.44. The molecule has 1 saturated heterocycles. The van der Waals surface area contributed by atoms with Crippen LogP contribution in [0.25, 0.3) is 0 Å². The van der Waals surface area contributed by atoms with Gasteiger partial charge in [-0.3, -0.25) is 4.84 Å². The van der Waals surface area contributed by atoms with Crippen LogP contribution in [0.1, 0.15) is 0 Å². The van der Waals surface area contributed by atoms with Crippen LogP contribution in [0.5, 0.6) is 0 Å². The Bertz CT molecular complexity index is 250. The van der Waals surface area contributed by atoms with E-state index in [4.69, 9.17) is 9.94 Å². The Morgan fingerprint density at radius 1 is 1.58 bits per heavy atom. The zero-order chi connectivity index (χ0) is 9.35. The molecule has 0 amide bonds. The molecule has 1 heterocycles. The summed E-state index contributed by atoms with van der Waals surface area (Å²) in [5.74, 6) is 0. The Morgan fingerprint density at radius 2 is 2.17 bits per heavy atom. The Hall–Kier alpha value is -0.210. The topological polar surface area (TPSA) is 70.1 Å². The number of hydroxylamine groups is 1. The molecule has 1 N–H and O–H groups in total. The van der Waals surface area contributed by atoms with Crippen molar-refractivity contribution in [1.29, 1.82) is 0 Å². The van der Waals surface area contributed by atoms with Crippen LogP contribution in [0.4, 0.5) is 0 Å². The molecule has 0 bridgehead atoms. The summed E-state index contributed by atoms with van der Waals surface area (Å²) in [5.41, 5.74) is 0. The molecule has 0 aromatic rings. The predicted molar refractivity (Wildman–Crippen MR) is 41.3 cm³/mol. The fourth-order valence-electron chi connectivity index (χ4n) is 0.790. The molecule has 0 aromatic heterocycles. The van der Waals surface area contributed by atoms with Crippen molar-refractivity contribution in [2.45, 2.75) is 6.10 Å². The van der Waals surface area contributed by atoms with Gasteiger partial charge in [0.25, 0.3) is 0 Å². The smallest absolute Gasteiger partial charge is 0.303 e. The zero-order valence-electron chi connectivity index (χ0n) is 6.97. The van der Waals surface area contributed by atoms with E-state index in [0.29, 0.717) is 0 Å². The summed E-state index contributed by atoms with van der Waals surface area (Å²) in [6, 6.07) is 0. The number of aliphatic hydroxyl groups is 1. The molecule has 72 valence electrons. The lowest BCUT2D eigenvalue weighted by Crippen LogP contribution is -2.38. The van der Waals surface area contributed by atoms with Crippen LogP contribution in [0, 0.1) is 0 Å². The molecule has 1 atom stereocenters. The van der Waals surface area contributed by atoms with Gasteiger partial charge in [0.15, 0.2) is 0 Å². The van der Waals surface area contributed by atoms with Gasteiger partial charge in [0.1, 0.15) is 0 Å². The average molecular weight is 196 g/mol. The van der Waals surface area contributed by atoms with Crippen molar-refractivity contribution in [1.82, 2.24) is 8.77 Å². The summed E-state index contributed by atoms with van der Waals surface area (Å²) in [6.07, 6.45) is -0.722. The van der Waals surface area contributed by atoms with E-state index in [1.54, 1.807) is 0 Å². The van der Waals surface area contributed by atoms with Crippen molar-refractivity contribution in [3.05, 3.63) is 0 Å². The minimum absolute atomic E-state index is 0.000509. The number of aliphatic hydroxyl groups excluding tert-OH is 1. The van der Waals surface area contributed by atoms with Gasteiger partial charge >= 0.3 is 10.2 Å². The van der Waals surface area contributed by atoms with E-state index < -0.39 is 16.3 Å². The molecule has 1 aliphatic rings. The van der Waals surface area contributed by atoms with E-state index in [9.17, 15) is 8.42 Å². The maximum atomic E-state index is 11.3. The Kier molecular flexibility index (Phi) is 2.69. The monoisotopic (exact) mass is 196 g/mol. The van der Waals surface area contributed by atoms with Gasteiger partial charge in [-0.15, -0.1) is 0 Å². The molecular formula is C5H12N2O4S. The number of rotatable bonds is 2. The van der Waals surface area contributed by atoms with E-state index >= 15 is 0 Å². The van der Waals surface area contributed by atoms with Gasteiger partial charge in [-0.1, -0.05) is 4.47 Å². The first kappa shape index (κ1) is 9.87. The van der Waals surface area contributed by atoms with Gasteiger partial charge in [-0.25, -0.2) is 0 Å². The maximum absolute atomic E-state index is 11.3. The summed E-state index contributed by atoms with van der Waals surface area (Å²) >= 11 is 0. The maximum Gasteiger partial charge on any atom is 0.303 e. The second kappa shape index (κ2) is 3.27. The SMILES string of the molecule is CN(C)S(=O)(=O)N1C[C@@H](O)CO1. The Balaban J connectivity index is 2.71. The Morgan fingerprint density at radius 3 is 2.50 bits per heavy atom. The molecule has 0 saturated carbocycles. The van der Waals surface area contributed by atoms with E-state index in [1.165, 1.54) is 14.1 Å². The molecule has 1 rings (SSSR count). The number of β-amino-alcohol motifs (C(OH)–C–C–N with tert-alkyl or cyclic N) is 1. The molecule has 6 nitrogen and oxygen atoms in total. The first-order valence-corrected chi connectivity index (χ1v) is 4.85. The molecule has 0 spiro atoms. The van der Waals surface area contributed by atoms with Crippen molar-refractivity contribution in [2.75, 3.05) is 27.2 Å². The van der Waals surface area contributed by atoms with Crippen molar-refractivity contribution >= 4 is 10.2 Å². The zero-order valence-corrected chi connectivity index (χ0v) is 7.78. The Labute approximate surface area is 71.5 Å². The highest BCUT2D eigenvalue weighted by Gasteiger charge is 2.33. The van der Waals surface area contributed by atoms with Gasteiger partial charge in [0.05, 0.1) is 19.3 Å². The fraction of sp³-hybridized carbons (Fsp3) is 1.00. The van der Waals surface area contributed by atoms with E-state index in [2.05, 4.69) is 0 Å².